The molecule has 1 amide bonds. The number of nitrogens with zero attached hydrogens (tertiary/aromatic N) is 1. The van der Waals surface area contributed by atoms with Crippen LogP contribution in [-0.2, 0) is 9.53 Å². The van der Waals surface area contributed by atoms with E-state index >= 15 is 0 Å². The molecule has 23 heavy (non-hydrogen) atoms. The molecule has 0 atom stereocenters. The molecule has 0 unspecified atom stereocenters. The molecule has 1 saturated heterocycles. The summed E-state index contributed by atoms with van der Waals surface area (Å²) >= 11 is 0. The van der Waals surface area contributed by atoms with Crippen LogP contribution in [0, 0.1) is 17.8 Å². The van der Waals surface area contributed by atoms with Crippen LogP contribution in [-0.4, -0.2) is 39.1 Å². The Kier molecular flexibility index (Phi) is 5.78. The molecule has 1 fully saturated rings. The molecule has 0 spiro atoms. The van der Waals surface area contributed by atoms with Crippen LogP contribution < -0.4 is 10.2 Å². The van der Waals surface area contributed by atoms with Crippen molar-refractivity contribution >= 4 is 17.6 Å². The van der Waals surface area contributed by atoms with E-state index in [1.54, 1.807) is 37.1 Å². The highest BCUT2D eigenvalue weighted by atomic mass is 16.5. The molecule has 122 valence electrons. The fourth-order valence-electron chi connectivity index (χ4n) is 2.74. The van der Waals surface area contributed by atoms with E-state index in [4.69, 9.17) is 4.74 Å². The van der Waals surface area contributed by atoms with Crippen LogP contribution in [0.4, 0.5) is 5.69 Å². The number of amides is 1. The molecule has 0 bridgehead atoms. The molecule has 0 saturated carbocycles. The Morgan fingerprint density at radius 1 is 1.30 bits per heavy atom. The van der Waals surface area contributed by atoms with Crippen molar-refractivity contribution in [3.05, 3.63) is 29.3 Å². The number of hydrogen-bond acceptors (Lipinski definition) is 4. The lowest BCUT2D eigenvalue weighted by atomic mass is 9.96. The van der Waals surface area contributed by atoms with E-state index in [1.807, 2.05) is 0 Å². The molecule has 5 heteroatoms. The van der Waals surface area contributed by atoms with Crippen LogP contribution in [0.15, 0.2) is 18.2 Å². The van der Waals surface area contributed by atoms with Crippen molar-refractivity contribution in [2.24, 2.45) is 5.92 Å². The summed E-state index contributed by atoms with van der Waals surface area (Å²) in [7, 11) is 3.10. The fourth-order valence-corrected chi connectivity index (χ4v) is 2.74. The third-order valence-corrected chi connectivity index (χ3v) is 4.07. The minimum atomic E-state index is -0.429. The number of methoxy groups -OCH3 is 1. The van der Waals surface area contributed by atoms with Crippen LogP contribution in [0.5, 0.6) is 0 Å². The molecule has 1 heterocycles. The number of piperidine rings is 1. The molecule has 1 aromatic carbocycles. The summed E-state index contributed by atoms with van der Waals surface area (Å²) in [5.74, 6) is 5.42. The molecule has 1 aliphatic heterocycles. The van der Waals surface area contributed by atoms with E-state index in [0.29, 0.717) is 11.1 Å². The molecule has 5 nitrogen and oxygen atoms in total. The van der Waals surface area contributed by atoms with Crippen molar-refractivity contribution in [3.63, 3.8) is 0 Å². The number of ether oxygens (including phenoxy) is 1. The first-order valence-corrected chi connectivity index (χ1v) is 7.72. The van der Waals surface area contributed by atoms with Gasteiger partial charge in [0.15, 0.2) is 0 Å². The summed E-state index contributed by atoms with van der Waals surface area (Å²) < 4.78 is 4.77. The third-order valence-electron chi connectivity index (χ3n) is 4.07. The zero-order chi connectivity index (χ0) is 16.8. The largest absolute Gasteiger partial charge is 0.465 e. The number of esters is 1. The van der Waals surface area contributed by atoms with Gasteiger partial charge in [-0.15, -0.1) is 5.92 Å². The molecule has 1 N–H and O–H groups in total. The number of nitrogens with one attached hydrogen (secondary N) is 1. The zero-order valence-corrected chi connectivity index (χ0v) is 13.8. The average molecular weight is 314 g/mol. The molecule has 1 aromatic rings. The van der Waals surface area contributed by atoms with Gasteiger partial charge in [0.2, 0.25) is 5.91 Å². The van der Waals surface area contributed by atoms with E-state index in [9.17, 15) is 9.59 Å². The number of anilines is 1. The van der Waals surface area contributed by atoms with Crippen LogP contribution >= 0.6 is 0 Å². The second kappa shape index (κ2) is 7.80. The molecule has 0 aromatic heterocycles. The number of benzene rings is 1. The lowest BCUT2D eigenvalue weighted by molar-refractivity contribution is -0.122. The lowest BCUT2D eigenvalue weighted by Crippen LogP contribution is -2.39. The molecule has 0 aliphatic carbocycles. The van der Waals surface area contributed by atoms with Gasteiger partial charge < -0.3 is 15.0 Å². The van der Waals surface area contributed by atoms with Gasteiger partial charge in [0.05, 0.1) is 12.7 Å². The highest BCUT2D eigenvalue weighted by Gasteiger charge is 2.25. The monoisotopic (exact) mass is 314 g/mol. The van der Waals surface area contributed by atoms with Gasteiger partial charge in [0.1, 0.15) is 0 Å². The second-order valence-corrected chi connectivity index (χ2v) is 5.52. The van der Waals surface area contributed by atoms with Crippen molar-refractivity contribution in [2.45, 2.75) is 19.8 Å². The minimum Gasteiger partial charge on any atom is -0.465 e. The molecular formula is C18H22N2O3. The fraction of sp³-hybridized carbons (Fsp3) is 0.444. The van der Waals surface area contributed by atoms with Crippen molar-refractivity contribution in [2.75, 3.05) is 32.1 Å². The number of hydrogen-bond donors (Lipinski definition) is 1. The zero-order valence-electron chi connectivity index (χ0n) is 13.8. The van der Waals surface area contributed by atoms with Gasteiger partial charge >= 0.3 is 5.97 Å². The van der Waals surface area contributed by atoms with Crippen molar-refractivity contribution in [3.8, 4) is 11.8 Å². The van der Waals surface area contributed by atoms with Crippen molar-refractivity contribution in [1.82, 2.24) is 5.32 Å². The van der Waals surface area contributed by atoms with Crippen molar-refractivity contribution in [1.29, 1.82) is 0 Å². The molecule has 2 rings (SSSR count). The normalized spacial score (nSPS) is 14.6. The van der Waals surface area contributed by atoms with E-state index < -0.39 is 5.97 Å². The summed E-state index contributed by atoms with van der Waals surface area (Å²) in [6, 6.07) is 5.18. The predicted molar refractivity (Wildman–Crippen MR) is 89.3 cm³/mol. The average Bonchev–Trinajstić information content (AvgIpc) is 2.60. The van der Waals surface area contributed by atoms with Crippen LogP contribution in [0.3, 0.4) is 0 Å². The Morgan fingerprint density at radius 3 is 2.61 bits per heavy atom. The second-order valence-electron chi connectivity index (χ2n) is 5.52. The maximum absolute atomic E-state index is 12.6. The predicted octanol–water partition coefficient (Wildman–Crippen LogP) is 1.81. The summed E-state index contributed by atoms with van der Waals surface area (Å²) in [5.41, 5.74) is 1.72. The number of carbonyl (C=O) groups excluding carboxylic acids is 2. The highest BCUT2D eigenvalue weighted by Crippen LogP contribution is 2.23. The number of rotatable bonds is 3. The first-order chi connectivity index (χ1) is 11.1. The number of carbonyl (C=O) groups is 2. The standard InChI is InChI=1S/C18H22N2O3/c1-4-5-14-12-15(6-7-16(14)18(22)23-3)20(2)17(21)13-8-10-19-11-9-13/h6-7,12-13,19H,8-11H2,1-3H3. The van der Waals surface area contributed by atoms with Crippen molar-refractivity contribution < 1.29 is 14.3 Å². The first kappa shape index (κ1) is 17.0. The van der Waals surface area contributed by atoms with Crippen LogP contribution in [0.1, 0.15) is 35.7 Å². The highest BCUT2D eigenvalue weighted by molar-refractivity contribution is 5.97. The summed E-state index contributed by atoms with van der Waals surface area (Å²) in [5, 5.41) is 3.26. The first-order valence-electron chi connectivity index (χ1n) is 7.72. The minimum absolute atomic E-state index is 0.0437. The summed E-state index contributed by atoms with van der Waals surface area (Å²) in [6.07, 6.45) is 1.70. The van der Waals surface area contributed by atoms with Crippen LogP contribution in [0.2, 0.25) is 0 Å². The van der Waals surface area contributed by atoms with Gasteiger partial charge in [-0.1, -0.05) is 5.92 Å². The molecular weight excluding hydrogens is 292 g/mol. The smallest absolute Gasteiger partial charge is 0.339 e. The molecule has 1 aliphatic rings. The Hall–Kier alpha value is -2.32. The van der Waals surface area contributed by atoms with Gasteiger partial charge in [-0.3, -0.25) is 4.79 Å². The van der Waals surface area contributed by atoms with Gasteiger partial charge in [-0.05, 0) is 51.1 Å². The summed E-state index contributed by atoms with van der Waals surface area (Å²) in [6.45, 7) is 3.45. The maximum atomic E-state index is 12.6. The van der Waals surface area contributed by atoms with Gasteiger partial charge in [0.25, 0.3) is 0 Å². The Balaban J connectivity index is 2.27. The van der Waals surface area contributed by atoms with E-state index in [0.717, 1.165) is 31.6 Å². The maximum Gasteiger partial charge on any atom is 0.339 e. The quantitative estimate of drug-likeness (QED) is 0.683. The van der Waals surface area contributed by atoms with Gasteiger partial charge in [0, 0.05) is 24.2 Å². The lowest BCUT2D eigenvalue weighted by Gasteiger charge is -2.27. The topological polar surface area (TPSA) is 58.6 Å². The molecule has 0 radical (unpaired) electrons. The van der Waals surface area contributed by atoms with Crippen LogP contribution in [0.25, 0.3) is 0 Å². The van der Waals surface area contributed by atoms with Gasteiger partial charge in [-0.25, -0.2) is 4.79 Å². The van der Waals surface area contributed by atoms with E-state index in [-0.39, 0.29) is 11.8 Å². The summed E-state index contributed by atoms with van der Waals surface area (Å²) in [4.78, 5) is 26.1. The third kappa shape index (κ3) is 3.91. The SMILES string of the molecule is CC#Cc1cc(N(C)C(=O)C2CCNCC2)ccc1C(=O)OC. The Morgan fingerprint density at radius 2 is 2.00 bits per heavy atom. The Bertz CT molecular complexity index is 652. The van der Waals surface area contributed by atoms with Gasteiger partial charge in [-0.2, -0.15) is 0 Å². The Labute approximate surface area is 137 Å². The van der Waals surface area contributed by atoms with E-state index in [2.05, 4.69) is 17.2 Å². The van der Waals surface area contributed by atoms with E-state index in [1.165, 1.54) is 7.11 Å².